The molecule has 2 amide bonds. The van der Waals surface area contributed by atoms with Gasteiger partial charge in [-0.25, -0.2) is 0 Å². The molecule has 3 rings (SSSR count). The van der Waals surface area contributed by atoms with Gasteiger partial charge in [0.05, 0.1) is 0 Å². The molecule has 1 aliphatic rings. The van der Waals surface area contributed by atoms with Gasteiger partial charge in [0.25, 0.3) is 11.8 Å². The molecule has 2 aromatic rings. The molecule has 1 fully saturated rings. The molecule has 1 N–H and O–H groups in total. The number of carbonyl (C=O) groups is 2. The van der Waals surface area contributed by atoms with Crippen LogP contribution in [0, 0.1) is 6.92 Å². The first kappa shape index (κ1) is 20.7. The summed E-state index contributed by atoms with van der Waals surface area (Å²) in [6.07, 6.45) is 1.50. The van der Waals surface area contributed by atoms with Crippen molar-refractivity contribution in [3.05, 3.63) is 59.7 Å². The molecule has 0 spiro atoms. The summed E-state index contributed by atoms with van der Waals surface area (Å²) < 4.78 is 5.53. The van der Waals surface area contributed by atoms with Gasteiger partial charge in [-0.1, -0.05) is 17.7 Å². The predicted octanol–water partition coefficient (Wildman–Crippen LogP) is 2.86. The van der Waals surface area contributed by atoms with Crippen LogP contribution in [0.25, 0.3) is 0 Å². The summed E-state index contributed by atoms with van der Waals surface area (Å²) in [6.45, 7) is 3.28. The molecule has 0 bridgehead atoms. The standard InChI is InChI=1S/C23H29N3O3/c1-17-4-10-21(11-5-17)29-16-22(27)24-19-12-14-26(15-13-19)23(28)18-6-8-20(9-7-18)25(2)3/h4-11,19H,12-16H2,1-3H3,(H,24,27). The third-order valence-corrected chi connectivity index (χ3v) is 5.17. The number of anilines is 1. The summed E-state index contributed by atoms with van der Waals surface area (Å²) in [4.78, 5) is 28.7. The summed E-state index contributed by atoms with van der Waals surface area (Å²) in [7, 11) is 3.95. The van der Waals surface area contributed by atoms with E-state index in [1.807, 2.05) is 79.3 Å². The van der Waals surface area contributed by atoms with Crippen LogP contribution in [0.3, 0.4) is 0 Å². The second kappa shape index (κ2) is 9.45. The van der Waals surface area contributed by atoms with E-state index in [0.717, 1.165) is 24.1 Å². The smallest absolute Gasteiger partial charge is 0.258 e. The SMILES string of the molecule is Cc1ccc(OCC(=O)NC2CCN(C(=O)c3ccc(N(C)C)cc3)CC2)cc1. The van der Waals surface area contributed by atoms with E-state index < -0.39 is 0 Å². The molecule has 2 aromatic carbocycles. The molecule has 6 nitrogen and oxygen atoms in total. The van der Waals surface area contributed by atoms with Crippen LogP contribution in [0.15, 0.2) is 48.5 Å². The summed E-state index contributed by atoms with van der Waals surface area (Å²) >= 11 is 0. The van der Waals surface area contributed by atoms with Crippen LogP contribution in [-0.2, 0) is 4.79 Å². The summed E-state index contributed by atoms with van der Waals surface area (Å²) in [6, 6.07) is 15.3. The quantitative estimate of drug-likeness (QED) is 0.817. The number of rotatable bonds is 6. The van der Waals surface area contributed by atoms with E-state index in [-0.39, 0.29) is 24.5 Å². The minimum atomic E-state index is -0.130. The average molecular weight is 396 g/mol. The lowest BCUT2D eigenvalue weighted by atomic mass is 10.0. The molecule has 1 heterocycles. The van der Waals surface area contributed by atoms with Crippen molar-refractivity contribution in [1.82, 2.24) is 10.2 Å². The van der Waals surface area contributed by atoms with E-state index in [1.54, 1.807) is 0 Å². The van der Waals surface area contributed by atoms with Crippen molar-refractivity contribution < 1.29 is 14.3 Å². The molecular weight excluding hydrogens is 366 g/mol. The fourth-order valence-electron chi connectivity index (χ4n) is 3.36. The zero-order chi connectivity index (χ0) is 20.8. The van der Waals surface area contributed by atoms with Crippen LogP contribution >= 0.6 is 0 Å². The fraction of sp³-hybridized carbons (Fsp3) is 0.391. The van der Waals surface area contributed by atoms with E-state index in [9.17, 15) is 9.59 Å². The maximum absolute atomic E-state index is 12.7. The highest BCUT2D eigenvalue weighted by atomic mass is 16.5. The number of hydrogen-bond acceptors (Lipinski definition) is 4. The molecular formula is C23H29N3O3. The fourth-order valence-corrected chi connectivity index (χ4v) is 3.36. The Labute approximate surface area is 172 Å². The van der Waals surface area contributed by atoms with Gasteiger partial charge in [0.1, 0.15) is 5.75 Å². The number of likely N-dealkylation sites (tertiary alicyclic amines) is 1. The third-order valence-electron chi connectivity index (χ3n) is 5.17. The zero-order valence-electron chi connectivity index (χ0n) is 17.4. The second-order valence-electron chi connectivity index (χ2n) is 7.68. The minimum absolute atomic E-state index is 0.000426. The first-order chi connectivity index (χ1) is 13.9. The van der Waals surface area contributed by atoms with Crippen molar-refractivity contribution in [1.29, 1.82) is 0 Å². The summed E-state index contributed by atoms with van der Waals surface area (Å²) in [5.41, 5.74) is 2.91. The zero-order valence-corrected chi connectivity index (χ0v) is 17.4. The highest BCUT2D eigenvalue weighted by molar-refractivity contribution is 5.94. The van der Waals surface area contributed by atoms with Crippen LogP contribution in [0.2, 0.25) is 0 Å². The molecule has 0 aliphatic carbocycles. The van der Waals surface area contributed by atoms with Crippen LogP contribution < -0.4 is 15.0 Å². The number of ether oxygens (including phenoxy) is 1. The number of hydrogen-bond donors (Lipinski definition) is 1. The van der Waals surface area contributed by atoms with Gasteiger partial charge in [-0.3, -0.25) is 9.59 Å². The van der Waals surface area contributed by atoms with Crippen molar-refractivity contribution in [2.75, 3.05) is 38.7 Å². The van der Waals surface area contributed by atoms with E-state index in [4.69, 9.17) is 4.74 Å². The number of amides is 2. The van der Waals surface area contributed by atoms with Gasteiger partial charge in [-0.05, 0) is 56.2 Å². The van der Waals surface area contributed by atoms with Crippen LogP contribution in [0.5, 0.6) is 5.75 Å². The second-order valence-corrected chi connectivity index (χ2v) is 7.68. The Morgan fingerprint density at radius 2 is 1.66 bits per heavy atom. The number of carbonyl (C=O) groups excluding carboxylic acids is 2. The van der Waals surface area contributed by atoms with Gasteiger partial charge >= 0.3 is 0 Å². The maximum atomic E-state index is 12.7. The maximum Gasteiger partial charge on any atom is 0.258 e. The minimum Gasteiger partial charge on any atom is -0.484 e. The van der Waals surface area contributed by atoms with Crippen molar-refractivity contribution in [3.63, 3.8) is 0 Å². The Balaban J connectivity index is 1.43. The number of aryl methyl sites for hydroxylation is 1. The number of benzene rings is 2. The topological polar surface area (TPSA) is 61.9 Å². The molecule has 0 aromatic heterocycles. The largest absolute Gasteiger partial charge is 0.484 e. The Morgan fingerprint density at radius 3 is 2.24 bits per heavy atom. The van der Waals surface area contributed by atoms with Crippen LogP contribution in [0.1, 0.15) is 28.8 Å². The first-order valence-electron chi connectivity index (χ1n) is 9.98. The van der Waals surface area contributed by atoms with E-state index in [1.165, 1.54) is 0 Å². The lowest BCUT2D eigenvalue weighted by molar-refractivity contribution is -0.124. The molecule has 1 aliphatic heterocycles. The summed E-state index contributed by atoms with van der Waals surface area (Å²) in [5, 5.41) is 3.01. The van der Waals surface area contributed by atoms with Crippen molar-refractivity contribution in [2.24, 2.45) is 0 Å². The molecule has 0 saturated carbocycles. The number of nitrogens with one attached hydrogen (secondary N) is 1. The van der Waals surface area contributed by atoms with Gasteiger partial charge in [0.15, 0.2) is 6.61 Å². The molecule has 6 heteroatoms. The van der Waals surface area contributed by atoms with E-state index in [0.29, 0.717) is 24.4 Å². The Bertz CT molecular complexity index is 823. The Morgan fingerprint density at radius 1 is 1.03 bits per heavy atom. The number of nitrogens with zero attached hydrogens (tertiary/aromatic N) is 2. The molecule has 1 saturated heterocycles. The molecule has 29 heavy (non-hydrogen) atoms. The van der Waals surface area contributed by atoms with Crippen LogP contribution in [-0.4, -0.2) is 56.5 Å². The van der Waals surface area contributed by atoms with Crippen molar-refractivity contribution in [3.8, 4) is 5.75 Å². The summed E-state index contributed by atoms with van der Waals surface area (Å²) in [5.74, 6) is 0.601. The lowest BCUT2D eigenvalue weighted by Gasteiger charge is -2.32. The van der Waals surface area contributed by atoms with Gasteiger partial charge in [-0.2, -0.15) is 0 Å². The molecule has 0 radical (unpaired) electrons. The first-order valence-corrected chi connectivity index (χ1v) is 9.98. The van der Waals surface area contributed by atoms with Crippen LogP contribution in [0.4, 0.5) is 5.69 Å². The third kappa shape index (κ3) is 5.73. The van der Waals surface area contributed by atoms with Crippen molar-refractivity contribution in [2.45, 2.75) is 25.8 Å². The van der Waals surface area contributed by atoms with E-state index in [2.05, 4.69) is 5.32 Å². The monoisotopic (exact) mass is 395 g/mol. The highest BCUT2D eigenvalue weighted by Crippen LogP contribution is 2.17. The van der Waals surface area contributed by atoms with Gasteiger partial charge in [-0.15, -0.1) is 0 Å². The molecule has 0 unspecified atom stereocenters. The normalized spacial score (nSPS) is 14.4. The predicted molar refractivity (Wildman–Crippen MR) is 115 cm³/mol. The highest BCUT2D eigenvalue weighted by Gasteiger charge is 2.24. The van der Waals surface area contributed by atoms with Gasteiger partial charge in [0.2, 0.25) is 0 Å². The van der Waals surface area contributed by atoms with E-state index >= 15 is 0 Å². The number of piperidine rings is 1. The average Bonchev–Trinajstić information content (AvgIpc) is 2.73. The van der Waals surface area contributed by atoms with Gasteiger partial charge < -0.3 is 19.9 Å². The lowest BCUT2D eigenvalue weighted by Crippen LogP contribution is -2.47. The Kier molecular flexibility index (Phi) is 6.75. The van der Waals surface area contributed by atoms with Crippen molar-refractivity contribution >= 4 is 17.5 Å². The Hall–Kier alpha value is -3.02. The molecule has 0 atom stereocenters. The molecule has 154 valence electrons. The van der Waals surface area contributed by atoms with Gasteiger partial charge in [0, 0.05) is 44.5 Å².